The molecule has 0 aliphatic carbocycles. The Morgan fingerprint density at radius 3 is 2.09 bits per heavy atom. The maximum atomic E-state index is 9.71. The van der Waals surface area contributed by atoms with E-state index in [9.17, 15) is 4.79 Å². The molecule has 0 aromatic rings. The van der Waals surface area contributed by atoms with Crippen LogP contribution in [-0.2, 0) is 4.79 Å². The van der Waals surface area contributed by atoms with Gasteiger partial charge in [-0.3, -0.25) is 6.29 Å². The molecule has 1 radical (unpaired) electrons. The van der Waals surface area contributed by atoms with Crippen LogP contribution in [0, 0.1) is 0 Å². The van der Waals surface area contributed by atoms with Gasteiger partial charge in [-0.2, -0.15) is 6.42 Å². The minimum Gasteiger partial charge on any atom is -0.542 e. The van der Waals surface area contributed by atoms with Gasteiger partial charge >= 0.3 is 29.6 Å². The molecule has 0 aromatic heterocycles. The molecule has 11 heavy (non-hydrogen) atoms. The van der Waals surface area contributed by atoms with E-state index in [2.05, 4.69) is 6.92 Å². The van der Waals surface area contributed by atoms with Gasteiger partial charge in [0.2, 0.25) is 0 Å². The Labute approximate surface area is 114 Å². The molecule has 0 aromatic carbocycles. The zero-order valence-electron chi connectivity index (χ0n) is 8.15. The van der Waals surface area contributed by atoms with Gasteiger partial charge in [0.15, 0.2) is 0 Å². The molecule has 0 fully saturated rings. The largest absolute Gasteiger partial charge is 1.00 e. The van der Waals surface area contributed by atoms with Gasteiger partial charge < -0.3 is 4.79 Å². The minimum absolute atomic E-state index is 0. The Hall–Kier alpha value is 1.67. The molecule has 0 amide bonds. The molecule has 55 valence electrons. The Bertz CT molecular complexity index is 67.1. The topological polar surface area (TPSA) is 17.1 Å². The molecular weight excluding hydrogens is 158 g/mol. The second-order valence-electron chi connectivity index (χ2n) is 2.31. The quantitative estimate of drug-likeness (QED) is 0.288. The van der Waals surface area contributed by atoms with Crippen LogP contribution in [0.1, 0.15) is 45.4 Å². The molecule has 1 nitrogen and oxygen atoms in total. The van der Waals surface area contributed by atoms with E-state index in [0.29, 0.717) is 6.42 Å². The van der Waals surface area contributed by atoms with Crippen LogP contribution in [0.25, 0.3) is 0 Å². The van der Waals surface area contributed by atoms with Crippen molar-refractivity contribution in [2.24, 2.45) is 0 Å². The third-order valence-corrected chi connectivity index (χ3v) is 1.38. The van der Waals surface area contributed by atoms with E-state index in [1.54, 1.807) is 0 Å². The van der Waals surface area contributed by atoms with Gasteiger partial charge in [-0.25, -0.2) is 0 Å². The average Bonchev–Trinajstić information content (AvgIpc) is 1.89. The SMILES string of the molecule is CCCCCCC[C-]=O.[Na+].[Na]. The minimum atomic E-state index is 0. The van der Waals surface area contributed by atoms with Crippen LogP contribution in [0.4, 0.5) is 0 Å². The van der Waals surface area contributed by atoms with Crippen molar-refractivity contribution in [1.29, 1.82) is 0 Å². The summed E-state index contributed by atoms with van der Waals surface area (Å²) in [4.78, 5) is 9.71. The van der Waals surface area contributed by atoms with Crippen molar-refractivity contribution in [1.82, 2.24) is 0 Å². The summed E-state index contributed by atoms with van der Waals surface area (Å²) in [6, 6.07) is 0. The molecule has 0 heterocycles. The first-order chi connectivity index (χ1) is 4.41. The smallest absolute Gasteiger partial charge is 0.542 e. The van der Waals surface area contributed by atoms with E-state index in [-0.39, 0.29) is 59.1 Å². The zero-order valence-corrected chi connectivity index (χ0v) is 12.2. The fourth-order valence-corrected chi connectivity index (χ4v) is 0.801. The van der Waals surface area contributed by atoms with Crippen molar-refractivity contribution >= 4 is 35.8 Å². The van der Waals surface area contributed by atoms with Crippen molar-refractivity contribution in [3.05, 3.63) is 0 Å². The van der Waals surface area contributed by atoms with E-state index in [1.165, 1.54) is 25.7 Å². The number of hydrogen-bond donors (Lipinski definition) is 0. The van der Waals surface area contributed by atoms with Gasteiger partial charge in [0.25, 0.3) is 0 Å². The fourth-order valence-electron chi connectivity index (χ4n) is 0.801. The van der Waals surface area contributed by atoms with Gasteiger partial charge in [-0.15, -0.1) is 0 Å². The summed E-state index contributed by atoms with van der Waals surface area (Å²) in [6.07, 6.45) is 8.60. The van der Waals surface area contributed by atoms with E-state index < -0.39 is 0 Å². The molecule has 3 heteroatoms. The molecule has 0 unspecified atom stereocenters. The van der Waals surface area contributed by atoms with Crippen LogP contribution in [0.2, 0.25) is 0 Å². The molecule has 0 saturated heterocycles. The second kappa shape index (κ2) is 17.7. The van der Waals surface area contributed by atoms with Crippen LogP contribution in [-0.4, -0.2) is 35.8 Å². The van der Waals surface area contributed by atoms with E-state index in [1.807, 2.05) is 6.29 Å². The molecule has 0 bridgehead atoms. The second-order valence-corrected chi connectivity index (χ2v) is 2.31. The standard InChI is InChI=1S/C8H15O.2Na/c1-2-3-4-5-6-7-8-9;;/h2-7H2,1H3;;/q-1;;+1. The summed E-state index contributed by atoms with van der Waals surface area (Å²) >= 11 is 0. The first-order valence-corrected chi connectivity index (χ1v) is 3.76. The van der Waals surface area contributed by atoms with Crippen molar-refractivity contribution in [3.63, 3.8) is 0 Å². The van der Waals surface area contributed by atoms with Crippen LogP contribution < -0.4 is 29.6 Å². The van der Waals surface area contributed by atoms with Crippen molar-refractivity contribution < 1.29 is 34.4 Å². The molecule has 0 rings (SSSR count). The monoisotopic (exact) mass is 173 g/mol. The summed E-state index contributed by atoms with van der Waals surface area (Å²) in [5.74, 6) is 0. The van der Waals surface area contributed by atoms with Crippen LogP contribution >= 0.6 is 0 Å². The van der Waals surface area contributed by atoms with E-state index in [0.717, 1.165) is 6.42 Å². The Kier molecular flexibility index (Phi) is 29.7. The predicted molar refractivity (Wildman–Crippen MR) is 44.8 cm³/mol. The Morgan fingerprint density at radius 2 is 1.64 bits per heavy atom. The van der Waals surface area contributed by atoms with Crippen LogP contribution in [0.3, 0.4) is 0 Å². The summed E-state index contributed by atoms with van der Waals surface area (Å²) in [6.45, 7) is 2.19. The van der Waals surface area contributed by atoms with Gasteiger partial charge in [0.1, 0.15) is 0 Å². The summed E-state index contributed by atoms with van der Waals surface area (Å²) in [5, 5.41) is 0. The first kappa shape index (κ1) is 18.5. The van der Waals surface area contributed by atoms with Gasteiger partial charge in [-0.1, -0.05) is 39.0 Å². The van der Waals surface area contributed by atoms with Crippen LogP contribution in [0.15, 0.2) is 0 Å². The summed E-state index contributed by atoms with van der Waals surface area (Å²) in [5.41, 5.74) is 0. The Morgan fingerprint density at radius 1 is 1.09 bits per heavy atom. The molecule has 0 saturated carbocycles. The molecule has 0 spiro atoms. The van der Waals surface area contributed by atoms with Crippen LogP contribution in [0.5, 0.6) is 0 Å². The van der Waals surface area contributed by atoms with Crippen molar-refractivity contribution in [2.45, 2.75) is 45.4 Å². The first-order valence-electron chi connectivity index (χ1n) is 3.76. The van der Waals surface area contributed by atoms with Gasteiger partial charge in [-0.05, 0) is 0 Å². The molecule has 0 aliphatic rings. The Balaban J connectivity index is -0.000000320. The number of rotatable bonds is 6. The number of unbranched alkanes of at least 4 members (excludes halogenated alkanes) is 5. The van der Waals surface area contributed by atoms with Crippen molar-refractivity contribution in [2.75, 3.05) is 0 Å². The normalized spacial score (nSPS) is 7.73. The molecule has 0 atom stereocenters. The average molecular weight is 173 g/mol. The molecule has 0 aliphatic heterocycles. The fraction of sp³-hybridized carbons (Fsp3) is 0.875. The van der Waals surface area contributed by atoms with Crippen molar-refractivity contribution in [3.8, 4) is 0 Å². The third-order valence-electron chi connectivity index (χ3n) is 1.38. The van der Waals surface area contributed by atoms with E-state index >= 15 is 0 Å². The third kappa shape index (κ3) is 18.5. The van der Waals surface area contributed by atoms with Gasteiger partial charge in [0, 0.05) is 29.6 Å². The van der Waals surface area contributed by atoms with Gasteiger partial charge in [0.05, 0.1) is 0 Å². The number of hydrogen-bond acceptors (Lipinski definition) is 1. The zero-order chi connectivity index (χ0) is 6.95. The maximum Gasteiger partial charge on any atom is 1.00 e. The summed E-state index contributed by atoms with van der Waals surface area (Å²) in [7, 11) is 0. The molecule has 0 N–H and O–H groups in total. The number of carbonyl (C=O) groups excluding carboxylic acids is 1. The maximum absolute atomic E-state index is 9.71. The van der Waals surface area contributed by atoms with E-state index in [4.69, 9.17) is 0 Å². The summed E-state index contributed by atoms with van der Waals surface area (Å²) < 4.78 is 0. The molecular formula is C8H15Na2O. The predicted octanol–water partition coefficient (Wildman–Crippen LogP) is -0.920.